The molecule has 1 N–H and O–H groups in total. The summed E-state index contributed by atoms with van der Waals surface area (Å²) in [6.07, 6.45) is 3.03. The molecule has 94 valence electrons. The van der Waals surface area contributed by atoms with E-state index in [4.69, 9.17) is 5.11 Å². The number of carbonyl (C=O) groups is 1. The third-order valence-corrected chi connectivity index (χ3v) is 2.74. The van der Waals surface area contributed by atoms with Crippen LogP contribution in [-0.4, -0.2) is 25.8 Å². The Labute approximate surface area is 98.2 Å². The van der Waals surface area contributed by atoms with Crippen LogP contribution in [-0.2, 0) is 6.54 Å². The number of carboxylic acid groups (broad SMARTS) is 1. The van der Waals surface area contributed by atoms with Gasteiger partial charge in [-0.15, -0.1) is 0 Å². The largest absolute Gasteiger partial charge is 0.476 e. The summed E-state index contributed by atoms with van der Waals surface area (Å²) in [4.78, 5) is 20.7. The predicted molar refractivity (Wildman–Crippen MR) is 59.9 cm³/mol. The van der Waals surface area contributed by atoms with E-state index in [1.54, 1.807) is 0 Å². The maximum absolute atomic E-state index is 10.8. The molecule has 0 aliphatic heterocycles. The van der Waals surface area contributed by atoms with Crippen LogP contribution >= 0.6 is 0 Å². The maximum Gasteiger partial charge on any atom is 0.363 e. The maximum atomic E-state index is 10.8. The Morgan fingerprint density at radius 2 is 2.18 bits per heavy atom. The van der Waals surface area contributed by atoms with Crippen LogP contribution in [0.4, 0.5) is 5.69 Å². The lowest BCUT2D eigenvalue weighted by atomic mass is 10.0. The van der Waals surface area contributed by atoms with Crippen LogP contribution in [0, 0.1) is 16.0 Å². The molecule has 1 heterocycles. The summed E-state index contributed by atoms with van der Waals surface area (Å²) < 4.78 is 1.35. The highest BCUT2D eigenvalue weighted by Gasteiger charge is 2.25. The SMILES string of the molecule is CCC(CC)Cn1cc([N+](=O)[O-])c(C(=O)O)n1. The monoisotopic (exact) mass is 241 g/mol. The van der Waals surface area contributed by atoms with Crippen molar-refractivity contribution < 1.29 is 14.8 Å². The fourth-order valence-electron chi connectivity index (χ4n) is 1.60. The summed E-state index contributed by atoms with van der Waals surface area (Å²) >= 11 is 0. The van der Waals surface area contributed by atoms with Crippen LogP contribution in [0.3, 0.4) is 0 Å². The second kappa shape index (κ2) is 5.42. The Kier molecular flexibility index (Phi) is 4.19. The summed E-state index contributed by atoms with van der Waals surface area (Å²) in [7, 11) is 0. The Hall–Kier alpha value is -1.92. The van der Waals surface area contributed by atoms with Gasteiger partial charge in [0, 0.05) is 6.54 Å². The van der Waals surface area contributed by atoms with Gasteiger partial charge < -0.3 is 5.11 Å². The zero-order chi connectivity index (χ0) is 13.0. The third kappa shape index (κ3) is 3.02. The molecule has 7 nitrogen and oxygen atoms in total. The van der Waals surface area contributed by atoms with Crippen LogP contribution in [0.25, 0.3) is 0 Å². The predicted octanol–water partition coefficient (Wildman–Crippen LogP) is 1.93. The average Bonchev–Trinajstić information content (AvgIpc) is 2.70. The molecule has 1 rings (SSSR count). The molecule has 0 aliphatic rings. The van der Waals surface area contributed by atoms with Gasteiger partial charge >= 0.3 is 11.7 Å². The van der Waals surface area contributed by atoms with Gasteiger partial charge in [-0.1, -0.05) is 26.7 Å². The van der Waals surface area contributed by atoms with E-state index in [1.807, 2.05) is 13.8 Å². The molecule has 17 heavy (non-hydrogen) atoms. The van der Waals surface area contributed by atoms with Crippen molar-refractivity contribution in [3.05, 3.63) is 22.0 Å². The average molecular weight is 241 g/mol. The van der Waals surface area contributed by atoms with Crippen molar-refractivity contribution >= 4 is 11.7 Å². The Bertz CT molecular complexity index is 392. The number of nitro groups is 1. The highest BCUT2D eigenvalue weighted by Crippen LogP contribution is 2.18. The van der Waals surface area contributed by atoms with Crippen LogP contribution < -0.4 is 0 Å². The van der Waals surface area contributed by atoms with Gasteiger partial charge in [0.25, 0.3) is 0 Å². The number of hydrogen-bond donors (Lipinski definition) is 1. The molecule has 0 radical (unpaired) electrons. The van der Waals surface area contributed by atoms with E-state index in [0.717, 1.165) is 12.8 Å². The summed E-state index contributed by atoms with van der Waals surface area (Å²) in [5.74, 6) is -1.03. The van der Waals surface area contributed by atoms with Gasteiger partial charge in [-0.3, -0.25) is 14.8 Å². The van der Waals surface area contributed by atoms with Crippen molar-refractivity contribution in [3.8, 4) is 0 Å². The smallest absolute Gasteiger partial charge is 0.363 e. The van der Waals surface area contributed by atoms with Crippen molar-refractivity contribution in [2.75, 3.05) is 0 Å². The minimum absolute atomic E-state index is 0.344. The summed E-state index contributed by atoms with van der Waals surface area (Å²) in [6, 6.07) is 0. The zero-order valence-corrected chi connectivity index (χ0v) is 9.79. The molecule has 0 aromatic carbocycles. The van der Waals surface area contributed by atoms with E-state index in [2.05, 4.69) is 5.10 Å². The lowest BCUT2D eigenvalue weighted by Gasteiger charge is -2.10. The van der Waals surface area contributed by atoms with Gasteiger partial charge in [0.15, 0.2) is 0 Å². The number of rotatable bonds is 6. The number of aromatic nitrogens is 2. The summed E-state index contributed by atoms with van der Waals surface area (Å²) in [6.45, 7) is 4.54. The van der Waals surface area contributed by atoms with E-state index in [0.29, 0.717) is 12.5 Å². The second-order valence-corrected chi connectivity index (χ2v) is 3.83. The number of hydrogen-bond acceptors (Lipinski definition) is 4. The fourth-order valence-corrected chi connectivity index (χ4v) is 1.60. The highest BCUT2D eigenvalue weighted by molar-refractivity contribution is 5.89. The lowest BCUT2D eigenvalue weighted by molar-refractivity contribution is -0.385. The van der Waals surface area contributed by atoms with Gasteiger partial charge in [-0.25, -0.2) is 4.79 Å². The van der Waals surface area contributed by atoms with Crippen molar-refractivity contribution in [1.29, 1.82) is 0 Å². The zero-order valence-electron chi connectivity index (χ0n) is 9.79. The first-order valence-corrected chi connectivity index (χ1v) is 5.44. The van der Waals surface area contributed by atoms with Gasteiger partial charge in [-0.2, -0.15) is 5.10 Å². The van der Waals surface area contributed by atoms with E-state index >= 15 is 0 Å². The van der Waals surface area contributed by atoms with Crippen molar-refractivity contribution in [2.45, 2.75) is 33.2 Å². The Morgan fingerprint density at radius 3 is 2.53 bits per heavy atom. The molecule has 0 fully saturated rings. The highest BCUT2D eigenvalue weighted by atomic mass is 16.6. The first-order valence-electron chi connectivity index (χ1n) is 5.44. The first kappa shape index (κ1) is 13.1. The number of aromatic carboxylic acids is 1. The molecule has 0 bridgehead atoms. The van der Waals surface area contributed by atoms with E-state index < -0.39 is 22.3 Å². The quantitative estimate of drug-likeness (QED) is 0.606. The van der Waals surface area contributed by atoms with Gasteiger partial charge in [0.1, 0.15) is 6.20 Å². The first-order chi connectivity index (χ1) is 7.99. The molecule has 0 aliphatic carbocycles. The molecule has 0 amide bonds. The van der Waals surface area contributed by atoms with E-state index in [-0.39, 0.29) is 0 Å². The summed E-state index contributed by atoms with van der Waals surface area (Å²) in [5.41, 5.74) is -0.954. The van der Waals surface area contributed by atoms with Crippen molar-refractivity contribution in [3.63, 3.8) is 0 Å². The Balaban J connectivity index is 2.99. The number of nitrogens with zero attached hydrogens (tertiary/aromatic N) is 3. The fraction of sp³-hybridized carbons (Fsp3) is 0.600. The molecule has 1 aromatic heterocycles. The van der Waals surface area contributed by atoms with Gasteiger partial charge in [0.05, 0.1) is 4.92 Å². The molecule has 0 saturated carbocycles. The standard InChI is InChI=1S/C10H15N3O4/c1-3-7(4-2)5-12-6-8(13(16)17)9(11-12)10(14)15/h6-7H,3-5H2,1-2H3,(H,14,15). The van der Waals surface area contributed by atoms with Gasteiger partial charge in [-0.05, 0) is 5.92 Å². The van der Waals surface area contributed by atoms with Crippen LogP contribution in [0.5, 0.6) is 0 Å². The third-order valence-electron chi connectivity index (χ3n) is 2.74. The summed E-state index contributed by atoms with van der Waals surface area (Å²) in [5, 5.41) is 23.2. The van der Waals surface area contributed by atoms with E-state index in [1.165, 1.54) is 10.9 Å². The normalized spacial score (nSPS) is 10.8. The minimum atomic E-state index is -1.38. The van der Waals surface area contributed by atoms with Crippen LogP contribution in [0.2, 0.25) is 0 Å². The topological polar surface area (TPSA) is 98.3 Å². The Morgan fingerprint density at radius 1 is 1.59 bits per heavy atom. The molecule has 0 unspecified atom stereocenters. The molecule has 0 spiro atoms. The minimum Gasteiger partial charge on any atom is -0.476 e. The van der Waals surface area contributed by atoms with Crippen LogP contribution in [0.15, 0.2) is 6.20 Å². The van der Waals surface area contributed by atoms with Crippen molar-refractivity contribution in [1.82, 2.24) is 9.78 Å². The molecule has 0 saturated heterocycles. The molecule has 0 atom stereocenters. The molecular weight excluding hydrogens is 226 g/mol. The lowest BCUT2D eigenvalue weighted by Crippen LogP contribution is -2.10. The molecule has 1 aromatic rings. The molecule has 7 heteroatoms. The molecular formula is C10H15N3O4. The van der Waals surface area contributed by atoms with Crippen LogP contribution in [0.1, 0.15) is 37.2 Å². The second-order valence-electron chi connectivity index (χ2n) is 3.83. The number of carboxylic acids is 1. The van der Waals surface area contributed by atoms with Gasteiger partial charge in [0.2, 0.25) is 5.69 Å². The van der Waals surface area contributed by atoms with Crippen molar-refractivity contribution in [2.24, 2.45) is 5.92 Å². The van der Waals surface area contributed by atoms with E-state index in [9.17, 15) is 14.9 Å².